The minimum atomic E-state index is -3.50. The first kappa shape index (κ1) is 18.3. The van der Waals surface area contributed by atoms with Crippen LogP contribution in [0.5, 0.6) is 0 Å². The van der Waals surface area contributed by atoms with Crippen molar-refractivity contribution in [3.8, 4) is 0 Å². The lowest BCUT2D eigenvalue weighted by Gasteiger charge is -2.29. The molecule has 8 heteroatoms. The number of hydrogen-bond donors (Lipinski definition) is 2. The summed E-state index contributed by atoms with van der Waals surface area (Å²) in [5, 5.41) is 2.38. The maximum absolute atomic E-state index is 12.3. The van der Waals surface area contributed by atoms with Crippen LogP contribution in [0.4, 0.5) is 0 Å². The van der Waals surface area contributed by atoms with Crippen LogP contribution < -0.4 is 10.0 Å². The van der Waals surface area contributed by atoms with Crippen molar-refractivity contribution in [3.05, 3.63) is 0 Å². The second-order valence-corrected chi connectivity index (χ2v) is 7.12. The molecule has 0 aromatic rings. The van der Waals surface area contributed by atoms with Crippen LogP contribution in [-0.2, 0) is 24.3 Å². The first-order valence-electron chi connectivity index (χ1n) is 7.29. The van der Waals surface area contributed by atoms with Gasteiger partial charge in [-0.3, -0.25) is 4.79 Å². The Morgan fingerprint density at radius 3 is 2.52 bits per heavy atom. The summed E-state index contributed by atoms with van der Waals surface area (Å²) in [6.45, 7) is 2.08. The van der Waals surface area contributed by atoms with Gasteiger partial charge in [0.05, 0.1) is 24.9 Å². The van der Waals surface area contributed by atoms with E-state index in [4.69, 9.17) is 9.47 Å². The monoisotopic (exact) mass is 322 g/mol. The van der Waals surface area contributed by atoms with Crippen LogP contribution in [0.3, 0.4) is 0 Å². The van der Waals surface area contributed by atoms with Gasteiger partial charge in [-0.2, -0.15) is 0 Å². The van der Waals surface area contributed by atoms with Gasteiger partial charge in [0.2, 0.25) is 10.0 Å². The van der Waals surface area contributed by atoms with E-state index in [1.165, 1.54) is 7.11 Å². The third-order valence-corrected chi connectivity index (χ3v) is 5.66. The smallest absolute Gasteiger partial charge is 0.310 e. The van der Waals surface area contributed by atoms with Crippen LogP contribution >= 0.6 is 0 Å². The molecule has 1 fully saturated rings. The summed E-state index contributed by atoms with van der Waals surface area (Å²) in [6.07, 6.45) is 2.77. The molecule has 0 spiro atoms. The van der Waals surface area contributed by atoms with Crippen LogP contribution in [0, 0.1) is 5.92 Å². The molecule has 2 N–H and O–H groups in total. The van der Waals surface area contributed by atoms with Crippen LogP contribution in [0.1, 0.15) is 25.7 Å². The molecule has 0 aromatic heterocycles. The number of sulfonamides is 1. The van der Waals surface area contributed by atoms with Gasteiger partial charge in [-0.15, -0.1) is 0 Å². The Bertz CT molecular complexity index is 413. The zero-order chi connectivity index (χ0) is 15.7. The van der Waals surface area contributed by atoms with E-state index in [2.05, 4.69) is 10.0 Å². The van der Waals surface area contributed by atoms with Crippen molar-refractivity contribution < 1.29 is 22.7 Å². The molecule has 124 valence electrons. The average molecular weight is 322 g/mol. The van der Waals surface area contributed by atoms with E-state index in [0.717, 1.165) is 12.8 Å². The number of nitrogens with one attached hydrogen (secondary N) is 2. The van der Waals surface area contributed by atoms with Crippen LogP contribution in [0.25, 0.3) is 0 Å². The van der Waals surface area contributed by atoms with Gasteiger partial charge in [-0.05, 0) is 12.8 Å². The zero-order valence-corrected chi connectivity index (χ0v) is 13.6. The lowest BCUT2D eigenvalue weighted by atomic mass is 9.89. The maximum atomic E-state index is 12.3. The average Bonchev–Trinajstić information content (AvgIpc) is 2.50. The molecule has 0 radical (unpaired) electrons. The van der Waals surface area contributed by atoms with Crippen molar-refractivity contribution in [2.45, 2.75) is 30.9 Å². The van der Waals surface area contributed by atoms with Gasteiger partial charge < -0.3 is 14.8 Å². The van der Waals surface area contributed by atoms with E-state index in [9.17, 15) is 13.2 Å². The fourth-order valence-electron chi connectivity index (χ4n) is 2.58. The number of hydrogen-bond acceptors (Lipinski definition) is 6. The van der Waals surface area contributed by atoms with E-state index < -0.39 is 27.2 Å². The van der Waals surface area contributed by atoms with Crippen molar-refractivity contribution in [2.24, 2.45) is 5.92 Å². The van der Waals surface area contributed by atoms with Crippen molar-refractivity contribution in [1.82, 2.24) is 10.0 Å². The SMILES string of the molecule is COCCNCCNS(=O)(=O)C1CCCCC1C(=O)OC. The number of esters is 1. The van der Waals surface area contributed by atoms with Crippen LogP contribution in [0.15, 0.2) is 0 Å². The van der Waals surface area contributed by atoms with Crippen molar-refractivity contribution in [1.29, 1.82) is 0 Å². The summed E-state index contributed by atoms with van der Waals surface area (Å²) < 4.78 is 36.9. The number of carbonyl (C=O) groups is 1. The molecule has 0 heterocycles. The molecule has 0 saturated heterocycles. The predicted molar refractivity (Wildman–Crippen MR) is 79.4 cm³/mol. The third-order valence-electron chi connectivity index (χ3n) is 3.69. The van der Waals surface area contributed by atoms with Gasteiger partial charge in [0.25, 0.3) is 0 Å². The Labute approximate surface area is 126 Å². The Hall–Kier alpha value is -0.700. The maximum Gasteiger partial charge on any atom is 0.310 e. The normalized spacial score (nSPS) is 23.0. The Balaban J connectivity index is 2.48. The van der Waals surface area contributed by atoms with Gasteiger partial charge >= 0.3 is 5.97 Å². The molecule has 21 heavy (non-hydrogen) atoms. The standard InChI is InChI=1S/C13H26N2O5S/c1-19-10-9-14-7-8-15-21(17,18)12-6-4-3-5-11(12)13(16)20-2/h11-12,14-15H,3-10H2,1-2H3. The van der Waals surface area contributed by atoms with Crippen molar-refractivity contribution >= 4 is 16.0 Å². The van der Waals surface area contributed by atoms with Gasteiger partial charge in [-0.25, -0.2) is 13.1 Å². The fraction of sp³-hybridized carbons (Fsp3) is 0.923. The molecule has 0 bridgehead atoms. The highest BCUT2D eigenvalue weighted by atomic mass is 32.2. The van der Waals surface area contributed by atoms with E-state index in [0.29, 0.717) is 39.1 Å². The number of rotatable bonds is 9. The highest BCUT2D eigenvalue weighted by Crippen LogP contribution is 2.30. The predicted octanol–water partition coefficient (Wildman–Crippen LogP) is -0.126. The summed E-state index contributed by atoms with van der Waals surface area (Å²) in [7, 11) is -0.592. The number of methoxy groups -OCH3 is 2. The molecule has 2 atom stereocenters. The molecule has 1 saturated carbocycles. The first-order chi connectivity index (χ1) is 10.0. The summed E-state index contributed by atoms with van der Waals surface area (Å²) >= 11 is 0. The number of ether oxygens (including phenoxy) is 2. The van der Waals surface area contributed by atoms with Crippen LogP contribution in [-0.4, -0.2) is 60.1 Å². The summed E-state index contributed by atoms with van der Waals surface area (Å²) in [5.74, 6) is -0.981. The molecular formula is C13H26N2O5S. The van der Waals surface area contributed by atoms with Gasteiger partial charge in [-0.1, -0.05) is 12.8 Å². The summed E-state index contributed by atoms with van der Waals surface area (Å²) in [5.41, 5.74) is 0. The lowest BCUT2D eigenvalue weighted by Crippen LogP contribution is -2.45. The molecule has 0 aromatic carbocycles. The molecule has 0 aliphatic heterocycles. The van der Waals surface area contributed by atoms with Gasteiger partial charge in [0.1, 0.15) is 0 Å². The summed E-state index contributed by atoms with van der Waals surface area (Å²) in [4.78, 5) is 11.7. The van der Waals surface area contributed by atoms with Crippen molar-refractivity contribution in [2.75, 3.05) is 40.5 Å². The second-order valence-electron chi connectivity index (χ2n) is 5.13. The highest BCUT2D eigenvalue weighted by molar-refractivity contribution is 7.90. The molecule has 7 nitrogen and oxygen atoms in total. The van der Waals surface area contributed by atoms with Crippen LogP contribution in [0.2, 0.25) is 0 Å². The largest absolute Gasteiger partial charge is 0.469 e. The van der Waals surface area contributed by atoms with Gasteiger partial charge in [0, 0.05) is 26.7 Å². The fourth-order valence-corrected chi connectivity index (χ4v) is 4.33. The molecule has 1 rings (SSSR count). The second kappa shape index (κ2) is 9.34. The lowest BCUT2D eigenvalue weighted by molar-refractivity contribution is -0.146. The van der Waals surface area contributed by atoms with Gasteiger partial charge in [0.15, 0.2) is 0 Å². The molecule has 1 aliphatic rings. The van der Waals surface area contributed by atoms with E-state index in [-0.39, 0.29) is 0 Å². The van der Waals surface area contributed by atoms with E-state index in [1.54, 1.807) is 7.11 Å². The quantitative estimate of drug-likeness (QED) is 0.454. The molecule has 2 unspecified atom stereocenters. The molecular weight excluding hydrogens is 296 g/mol. The van der Waals surface area contributed by atoms with Crippen molar-refractivity contribution in [3.63, 3.8) is 0 Å². The first-order valence-corrected chi connectivity index (χ1v) is 8.83. The highest BCUT2D eigenvalue weighted by Gasteiger charge is 2.39. The Morgan fingerprint density at radius 2 is 1.86 bits per heavy atom. The summed E-state index contributed by atoms with van der Waals surface area (Å²) in [6, 6.07) is 0. The third kappa shape index (κ3) is 5.90. The topological polar surface area (TPSA) is 93.7 Å². The van der Waals surface area contributed by atoms with E-state index >= 15 is 0 Å². The minimum Gasteiger partial charge on any atom is -0.469 e. The molecule has 0 amide bonds. The Morgan fingerprint density at radius 1 is 1.14 bits per heavy atom. The Kier molecular flexibility index (Phi) is 8.16. The molecule has 1 aliphatic carbocycles. The number of carbonyl (C=O) groups excluding carboxylic acids is 1. The minimum absolute atomic E-state index is 0.302. The van der Waals surface area contributed by atoms with E-state index in [1.807, 2.05) is 0 Å². The zero-order valence-electron chi connectivity index (χ0n) is 12.8.